The summed E-state index contributed by atoms with van der Waals surface area (Å²) >= 11 is 0. The lowest BCUT2D eigenvalue weighted by molar-refractivity contribution is 0.558. The Bertz CT molecular complexity index is 357. The summed E-state index contributed by atoms with van der Waals surface area (Å²) in [6, 6.07) is 0.898. The lowest BCUT2D eigenvalue weighted by Gasteiger charge is -2.28. The van der Waals surface area contributed by atoms with Crippen LogP contribution < -0.4 is 10.2 Å². The minimum absolute atomic E-state index is 0.419. The summed E-state index contributed by atoms with van der Waals surface area (Å²) in [6.07, 6.45) is 3.85. The highest BCUT2D eigenvalue weighted by atomic mass is 15.3. The van der Waals surface area contributed by atoms with Gasteiger partial charge in [0.25, 0.3) is 0 Å². The van der Waals surface area contributed by atoms with E-state index >= 15 is 0 Å². The van der Waals surface area contributed by atoms with Crippen molar-refractivity contribution in [1.29, 1.82) is 0 Å². The van der Waals surface area contributed by atoms with Crippen molar-refractivity contribution >= 4 is 5.95 Å². The monoisotopic (exact) mass is 264 g/mol. The fraction of sp³-hybridized carbons (Fsp3) is 0.733. The van der Waals surface area contributed by atoms with Gasteiger partial charge >= 0.3 is 0 Å². The molecule has 1 aromatic rings. The number of rotatable bonds is 7. The van der Waals surface area contributed by atoms with Crippen LogP contribution in [0.1, 0.15) is 47.1 Å². The predicted octanol–water partition coefficient (Wildman–Crippen LogP) is 2.85. The molecule has 19 heavy (non-hydrogen) atoms. The summed E-state index contributed by atoms with van der Waals surface area (Å²) < 4.78 is 0. The van der Waals surface area contributed by atoms with E-state index in [1.807, 2.05) is 12.4 Å². The molecule has 0 saturated carbocycles. The average Bonchev–Trinajstić information content (AvgIpc) is 2.33. The Labute approximate surface area is 117 Å². The molecule has 0 aliphatic rings. The summed E-state index contributed by atoms with van der Waals surface area (Å²) in [5.74, 6) is 1.44. The molecular formula is C15H28N4. The Kier molecular flexibility index (Phi) is 6.22. The normalized spacial score (nSPS) is 11.6. The zero-order valence-electron chi connectivity index (χ0n) is 13.1. The fourth-order valence-electron chi connectivity index (χ4n) is 1.83. The highest BCUT2D eigenvalue weighted by Crippen LogP contribution is 2.13. The quantitative estimate of drug-likeness (QED) is 0.822. The number of aromatic nitrogens is 2. The molecule has 0 bridgehead atoms. The molecule has 1 heterocycles. The van der Waals surface area contributed by atoms with Crippen LogP contribution in [0.5, 0.6) is 0 Å². The molecule has 0 saturated heterocycles. The van der Waals surface area contributed by atoms with Gasteiger partial charge in [0.15, 0.2) is 0 Å². The molecule has 0 unspecified atom stereocenters. The summed E-state index contributed by atoms with van der Waals surface area (Å²) in [4.78, 5) is 11.3. The molecule has 4 heteroatoms. The molecule has 1 rings (SSSR count). The van der Waals surface area contributed by atoms with Crippen molar-refractivity contribution in [3.05, 3.63) is 18.0 Å². The number of hydrogen-bond acceptors (Lipinski definition) is 4. The number of nitrogens with zero attached hydrogens (tertiary/aromatic N) is 3. The smallest absolute Gasteiger partial charge is 0.225 e. The van der Waals surface area contributed by atoms with Crippen LogP contribution in [0.15, 0.2) is 12.4 Å². The Morgan fingerprint density at radius 1 is 1.05 bits per heavy atom. The van der Waals surface area contributed by atoms with Crippen molar-refractivity contribution in [2.45, 2.75) is 60.2 Å². The molecule has 0 radical (unpaired) electrons. The first-order valence-electron chi connectivity index (χ1n) is 7.21. The van der Waals surface area contributed by atoms with Crippen molar-refractivity contribution in [2.24, 2.45) is 5.92 Å². The Morgan fingerprint density at radius 2 is 1.63 bits per heavy atom. The van der Waals surface area contributed by atoms with Crippen molar-refractivity contribution in [3.63, 3.8) is 0 Å². The number of nitrogens with one attached hydrogen (secondary N) is 1. The van der Waals surface area contributed by atoms with Crippen LogP contribution in [0.25, 0.3) is 0 Å². The largest absolute Gasteiger partial charge is 0.338 e. The van der Waals surface area contributed by atoms with E-state index in [0.717, 1.165) is 24.6 Å². The molecule has 0 aliphatic heterocycles. The Hall–Kier alpha value is -1.16. The van der Waals surface area contributed by atoms with Gasteiger partial charge in [0.1, 0.15) is 0 Å². The van der Waals surface area contributed by atoms with E-state index in [1.54, 1.807) is 0 Å². The first-order chi connectivity index (χ1) is 8.90. The molecule has 0 aliphatic carbocycles. The maximum absolute atomic E-state index is 4.51. The second-order valence-corrected chi connectivity index (χ2v) is 6.07. The van der Waals surface area contributed by atoms with Gasteiger partial charge in [-0.25, -0.2) is 9.97 Å². The van der Waals surface area contributed by atoms with Crippen LogP contribution in [0.3, 0.4) is 0 Å². The Balaban J connectivity index is 2.72. The molecule has 0 amide bonds. The van der Waals surface area contributed by atoms with Crippen molar-refractivity contribution in [3.8, 4) is 0 Å². The lowest BCUT2D eigenvalue weighted by atomic mass is 10.2. The van der Waals surface area contributed by atoms with E-state index in [2.05, 4.69) is 61.7 Å². The SMILES string of the molecule is CC(C)CN(c1ncc(CNC(C)C)cn1)C(C)C. The predicted molar refractivity (Wildman–Crippen MR) is 81.3 cm³/mol. The van der Waals surface area contributed by atoms with Crippen molar-refractivity contribution < 1.29 is 0 Å². The molecule has 1 N–H and O–H groups in total. The zero-order valence-corrected chi connectivity index (χ0v) is 13.1. The summed E-state index contributed by atoms with van der Waals surface area (Å²) in [6.45, 7) is 14.9. The third-order valence-corrected chi connectivity index (χ3v) is 2.85. The second kappa shape index (κ2) is 7.43. The number of anilines is 1. The van der Waals surface area contributed by atoms with Crippen LogP contribution >= 0.6 is 0 Å². The Morgan fingerprint density at radius 3 is 2.05 bits per heavy atom. The minimum atomic E-state index is 0.419. The second-order valence-electron chi connectivity index (χ2n) is 6.07. The van der Waals surface area contributed by atoms with E-state index in [-0.39, 0.29) is 0 Å². The van der Waals surface area contributed by atoms with Gasteiger partial charge in [-0.3, -0.25) is 0 Å². The van der Waals surface area contributed by atoms with Crippen LogP contribution in [0.2, 0.25) is 0 Å². The van der Waals surface area contributed by atoms with Crippen molar-refractivity contribution in [2.75, 3.05) is 11.4 Å². The van der Waals surface area contributed by atoms with Crippen LogP contribution in [0, 0.1) is 5.92 Å². The van der Waals surface area contributed by atoms with Gasteiger partial charge in [-0.05, 0) is 19.8 Å². The maximum Gasteiger partial charge on any atom is 0.225 e. The molecule has 0 spiro atoms. The van der Waals surface area contributed by atoms with Gasteiger partial charge in [-0.15, -0.1) is 0 Å². The highest BCUT2D eigenvalue weighted by molar-refractivity contribution is 5.31. The standard InChI is InChI=1S/C15H28N4/c1-11(2)10-19(13(5)6)15-17-8-14(9-18-15)7-16-12(3)4/h8-9,11-13,16H,7,10H2,1-6H3. The van der Waals surface area contributed by atoms with E-state index in [9.17, 15) is 0 Å². The molecule has 0 aromatic carbocycles. The van der Waals surface area contributed by atoms with E-state index in [4.69, 9.17) is 0 Å². The van der Waals surface area contributed by atoms with Crippen LogP contribution in [0.4, 0.5) is 5.95 Å². The summed E-state index contributed by atoms with van der Waals surface area (Å²) in [5, 5.41) is 3.37. The number of hydrogen-bond donors (Lipinski definition) is 1. The van der Waals surface area contributed by atoms with Gasteiger partial charge in [0, 0.05) is 43.1 Å². The van der Waals surface area contributed by atoms with Crippen LogP contribution in [-0.4, -0.2) is 28.6 Å². The van der Waals surface area contributed by atoms with Gasteiger partial charge in [0.2, 0.25) is 5.95 Å². The van der Waals surface area contributed by atoms with Gasteiger partial charge < -0.3 is 10.2 Å². The van der Waals surface area contributed by atoms with E-state index < -0.39 is 0 Å². The first kappa shape index (κ1) is 15.9. The molecule has 1 aromatic heterocycles. The maximum atomic E-state index is 4.51. The molecule has 0 fully saturated rings. The topological polar surface area (TPSA) is 41.1 Å². The third kappa shape index (κ3) is 5.55. The molecule has 108 valence electrons. The van der Waals surface area contributed by atoms with Gasteiger partial charge in [-0.1, -0.05) is 27.7 Å². The molecular weight excluding hydrogens is 236 g/mol. The first-order valence-corrected chi connectivity index (χ1v) is 7.21. The molecule has 4 nitrogen and oxygen atoms in total. The average molecular weight is 264 g/mol. The summed E-state index contributed by atoms with van der Waals surface area (Å²) in [5.41, 5.74) is 1.13. The van der Waals surface area contributed by atoms with Gasteiger partial charge in [-0.2, -0.15) is 0 Å². The fourth-order valence-corrected chi connectivity index (χ4v) is 1.83. The minimum Gasteiger partial charge on any atom is -0.338 e. The zero-order chi connectivity index (χ0) is 14.4. The molecule has 0 atom stereocenters. The van der Waals surface area contributed by atoms with Crippen molar-refractivity contribution in [1.82, 2.24) is 15.3 Å². The van der Waals surface area contributed by atoms with E-state index in [1.165, 1.54) is 0 Å². The van der Waals surface area contributed by atoms with Gasteiger partial charge in [0.05, 0.1) is 0 Å². The third-order valence-electron chi connectivity index (χ3n) is 2.85. The summed E-state index contributed by atoms with van der Waals surface area (Å²) in [7, 11) is 0. The van der Waals surface area contributed by atoms with Crippen LogP contribution in [-0.2, 0) is 6.54 Å². The lowest BCUT2D eigenvalue weighted by Crippen LogP contribution is -2.35. The van der Waals surface area contributed by atoms with E-state index in [0.29, 0.717) is 18.0 Å². The highest BCUT2D eigenvalue weighted by Gasteiger charge is 2.14.